The SMILES string of the molecule is CCCCOCCOCCC(CCOCCOCCCC)C(=O)OC(=O)c1ccc2c(c1)OCO2. The highest BCUT2D eigenvalue weighted by atomic mass is 16.7. The minimum absolute atomic E-state index is 0.0993. The lowest BCUT2D eigenvalue weighted by atomic mass is 10.0. The second-order valence-corrected chi connectivity index (χ2v) is 8.21. The summed E-state index contributed by atoms with van der Waals surface area (Å²) in [6.07, 6.45) is 5.05. The lowest BCUT2D eigenvalue weighted by molar-refractivity contribution is -0.144. The maximum absolute atomic E-state index is 12.8. The Balaban J connectivity index is 1.77. The number of unbranched alkanes of at least 4 members (excludes halogenated alkanes) is 2. The van der Waals surface area contributed by atoms with Gasteiger partial charge in [-0.05, 0) is 43.9 Å². The molecule has 9 nitrogen and oxygen atoms in total. The molecule has 2 rings (SSSR count). The Morgan fingerprint density at radius 3 is 1.89 bits per heavy atom. The van der Waals surface area contributed by atoms with Crippen LogP contribution in [0.15, 0.2) is 18.2 Å². The monoisotopic (exact) mass is 496 g/mol. The fourth-order valence-corrected chi connectivity index (χ4v) is 3.23. The molecule has 0 fully saturated rings. The maximum atomic E-state index is 12.8. The molecule has 0 radical (unpaired) electrons. The Hall–Kier alpha value is -2.20. The molecular formula is C26H40O9. The molecule has 1 aliphatic heterocycles. The Kier molecular flexibility index (Phi) is 15.0. The fourth-order valence-electron chi connectivity index (χ4n) is 3.23. The molecule has 198 valence electrons. The summed E-state index contributed by atoms with van der Waals surface area (Å²) in [5.74, 6) is -0.855. The fraction of sp³-hybridized carbons (Fsp3) is 0.692. The molecular weight excluding hydrogens is 456 g/mol. The first-order valence-electron chi connectivity index (χ1n) is 12.6. The molecule has 1 aromatic carbocycles. The lowest BCUT2D eigenvalue weighted by Crippen LogP contribution is -2.24. The summed E-state index contributed by atoms with van der Waals surface area (Å²) in [7, 11) is 0. The summed E-state index contributed by atoms with van der Waals surface area (Å²) in [5.41, 5.74) is 0.224. The second-order valence-electron chi connectivity index (χ2n) is 8.21. The summed E-state index contributed by atoms with van der Waals surface area (Å²) in [4.78, 5) is 25.3. The van der Waals surface area contributed by atoms with Crippen molar-refractivity contribution in [3.63, 3.8) is 0 Å². The number of hydrogen-bond acceptors (Lipinski definition) is 9. The summed E-state index contributed by atoms with van der Waals surface area (Å²) < 4.78 is 37.9. The van der Waals surface area contributed by atoms with Gasteiger partial charge in [0, 0.05) is 26.4 Å². The molecule has 0 unspecified atom stereocenters. The van der Waals surface area contributed by atoms with E-state index in [1.165, 1.54) is 6.07 Å². The molecule has 1 aliphatic rings. The minimum atomic E-state index is -0.728. The molecule has 0 bridgehead atoms. The Labute approximate surface area is 208 Å². The van der Waals surface area contributed by atoms with E-state index < -0.39 is 17.9 Å². The lowest BCUT2D eigenvalue weighted by Gasteiger charge is -2.16. The zero-order valence-corrected chi connectivity index (χ0v) is 21.1. The van der Waals surface area contributed by atoms with Gasteiger partial charge in [0.1, 0.15) is 0 Å². The molecule has 35 heavy (non-hydrogen) atoms. The van der Waals surface area contributed by atoms with Gasteiger partial charge in [0.2, 0.25) is 6.79 Å². The van der Waals surface area contributed by atoms with Crippen LogP contribution < -0.4 is 9.47 Å². The van der Waals surface area contributed by atoms with E-state index in [-0.39, 0.29) is 12.4 Å². The molecule has 0 aliphatic carbocycles. The quantitative estimate of drug-likeness (QED) is 0.150. The van der Waals surface area contributed by atoms with Crippen molar-refractivity contribution >= 4 is 11.9 Å². The van der Waals surface area contributed by atoms with Crippen molar-refractivity contribution in [1.82, 2.24) is 0 Å². The van der Waals surface area contributed by atoms with Gasteiger partial charge in [-0.3, -0.25) is 4.79 Å². The average Bonchev–Trinajstić information content (AvgIpc) is 3.33. The first-order chi connectivity index (χ1) is 17.2. The molecule has 0 amide bonds. The van der Waals surface area contributed by atoms with Gasteiger partial charge in [0.15, 0.2) is 11.5 Å². The van der Waals surface area contributed by atoms with Crippen LogP contribution in [0.3, 0.4) is 0 Å². The largest absolute Gasteiger partial charge is 0.454 e. The van der Waals surface area contributed by atoms with E-state index in [1.807, 2.05) is 0 Å². The van der Waals surface area contributed by atoms with Crippen molar-refractivity contribution in [2.45, 2.75) is 52.4 Å². The predicted octanol–water partition coefficient (Wildman–Crippen LogP) is 4.16. The van der Waals surface area contributed by atoms with Crippen LogP contribution in [-0.2, 0) is 28.5 Å². The van der Waals surface area contributed by atoms with Gasteiger partial charge in [-0.2, -0.15) is 0 Å². The minimum Gasteiger partial charge on any atom is -0.454 e. The van der Waals surface area contributed by atoms with E-state index >= 15 is 0 Å². The van der Waals surface area contributed by atoms with E-state index in [1.54, 1.807) is 12.1 Å². The molecule has 9 heteroatoms. The second kappa shape index (κ2) is 18.1. The first-order valence-corrected chi connectivity index (χ1v) is 12.6. The van der Waals surface area contributed by atoms with Gasteiger partial charge < -0.3 is 33.2 Å². The third-order valence-electron chi connectivity index (χ3n) is 5.38. The maximum Gasteiger partial charge on any atom is 0.345 e. The van der Waals surface area contributed by atoms with Crippen LogP contribution in [0.1, 0.15) is 62.7 Å². The zero-order valence-electron chi connectivity index (χ0n) is 21.1. The number of hydrogen-bond donors (Lipinski definition) is 0. The van der Waals surface area contributed by atoms with Crippen LogP contribution >= 0.6 is 0 Å². The number of carbonyl (C=O) groups is 2. The van der Waals surface area contributed by atoms with E-state index in [9.17, 15) is 9.59 Å². The molecule has 0 N–H and O–H groups in total. The van der Waals surface area contributed by atoms with E-state index in [2.05, 4.69) is 13.8 Å². The zero-order chi connectivity index (χ0) is 25.1. The van der Waals surface area contributed by atoms with Gasteiger partial charge >= 0.3 is 11.9 Å². The highest BCUT2D eigenvalue weighted by Crippen LogP contribution is 2.32. The van der Waals surface area contributed by atoms with Crippen molar-refractivity contribution in [2.24, 2.45) is 5.92 Å². The van der Waals surface area contributed by atoms with Crippen LogP contribution in [0, 0.1) is 5.92 Å². The van der Waals surface area contributed by atoms with Crippen LogP contribution in [-0.4, -0.2) is 71.6 Å². The van der Waals surface area contributed by atoms with Crippen LogP contribution in [0.4, 0.5) is 0 Å². The number of ether oxygens (including phenoxy) is 7. The van der Waals surface area contributed by atoms with Gasteiger partial charge in [-0.25, -0.2) is 4.79 Å². The van der Waals surface area contributed by atoms with Crippen molar-refractivity contribution in [2.75, 3.05) is 59.6 Å². The summed E-state index contributed by atoms with van der Waals surface area (Å²) in [6.45, 7) is 8.40. The van der Waals surface area contributed by atoms with Crippen molar-refractivity contribution in [3.05, 3.63) is 23.8 Å². The number of carbonyl (C=O) groups excluding carboxylic acids is 2. The Bertz CT molecular complexity index is 718. The highest BCUT2D eigenvalue weighted by molar-refractivity contribution is 5.97. The van der Waals surface area contributed by atoms with Crippen molar-refractivity contribution in [1.29, 1.82) is 0 Å². The standard InChI is InChI=1S/C26H40O9/c1-3-5-11-29-15-17-31-13-9-21(10-14-32-18-16-30-12-6-4-2)25(27)35-26(28)22-7-8-23-24(19-22)34-20-33-23/h7-8,19,21H,3-6,9-18,20H2,1-2H3. The number of rotatable bonds is 20. The summed E-state index contributed by atoms with van der Waals surface area (Å²) >= 11 is 0. The van der Waals surface area contributed by atoms with E-state index in [4.69, 9.17) is 33.2 Å². The van der Waals surface area contributed by atoms with Gasteiger partial charge in [-0.1, -0.05) is 26.7 Å². The number of fused-ring (bicyclic) bond motifs is 1. The number of esters is 2. The molecule has 1 heterocycles. The molecule has 0 spiro atoms. The van der Waals surface area contributed by atoms with Gasteiger partial charge in [0.05, 0.1) is 37.9 Å². The molecule has 0 atom stereocenters. The topological polar surface area (TPSA) is 98.8 Å². The van der Waals surface area contributed by atoms with E-state index in [0.29, 0.717) is 64.0 Å². The third kappa shape index (κ3) is 11.9. The number of benzene rings is 1. The first kappa shape index (κ1) is 29.0. The normalized spacial score (nSPS) is 12.3. The highest BCUT2D eigenvalue weighted by Gasteiger charge is 2.25. The molecule has 0 aromatic heterocycles. The molecule has 1 aromatic rings. The van der Waals surface area contributed by atoms with Crippen molar-refractivity contribution < 1.29 is 42.7 Å². The summed E-state index contributed by atoms with van der Waals surface area (Å²) in [5, 5.41) is 0. The summed E-state index contributed by atoms with van der Waals surface area (Å²) in [6, 6.07) is 4.67. The Morgan fingerprint density at radius 1 is 0.771 bits per heavy atom. The molecule has 0 saturated heterocycles. The molecule has 0 saturated carbocycles. The van der Waals surface area contributed by atoms with Crippen LogP contribution in [0.2, 0.25) is 0 Å². The predicted molar refractivity (Wildman–Crippen MR) is 129 cm³/mol. The van der Waals surface area contributed by atoms with Crippen LogP contribution in [0.25, 0.3) is 0 Å². The van der Waals surface area contributed by atoms with Gasteiger partial charge in [0.25, 0.3) is 0 Å². The Morgan fingerprint density at radius 2 is 1.31 bits per heavy atom. The smallest absolute Gasteiger partial charge is 0.345 e. The van der Waals surface area contributed by atoms with E-state index in [0.717, 1.165) is 38.9 Å². The van der Waals surface area contributed by atoms with Crippen LogP contribution in [0.5, 0.6) is 11.5 Å². The third-order valence-corrected chi connectivity index (χ3v) is 5.38. The van der Waals surface area contributed by atoms with Gasteiger partial charge in [-0.15, -0.1) is 0 Å². The average molecular weight is 497 g/mol. The van der Waals surface area contributed by atoms with Crippen molar-refractivity contribution in [3.8, 4) is 11.5 Å².